The van der Waals surface area contributed by atoms with Crippen LogP contribution in [-0.4, -0.2) is 9.78 Å². The highest BCUT2D eigenvalue weighted by Gasteiger charge is 2.27. The average molecular weight is 228 g/mol. The van der Waals surface area contributed by atoms with Crippen molar-refractivity contribution in [2.75, 3.05) is 5.73 Å². The van der Waals surface area contributed by atoms with E-state index < -0.39 is 0 Å². The predicted molar refractivity (Wildman–Crippen MR) is 62.9 cm³/mol. The zero-order valence-electron chi connectivity index (χ0n) is 9.28. The number of nitrogens with zero attached hydrogens (tertiary/aromatic N) is 2. The molecule has 0 radical (unpaired) electrons. The molecular weight excluding hydrogens is 210 g/mol. The number of hydrogen-bond acceptors (Lipinski definition) is 2. The van der Waals surface area contributed by atoms with Crippen molar-refractivity contribution in [1.29, 1.82) is 0 Å². The molecule has 3 nitrogen and oxygen atoms in total. The molecule has 15 heavy (non-hydrogen) atoms. The van der Waals surface area contributed by atoms with Gasteiger partial charge in [-0.25, -0.2) is 4.68 Å². The van der Waals surface area contributed by atoms with Crippen LogP contribution >= 0.6 is 11.6 Å². The van der Waals surface area contributed by atoms with E-state index in [1.54, 1.807) is 6.20 Å². The minimum absolute atomic E-state index is 0.427. The van der Waals surface area contributed by atoms with Crippen LogP contribution < -0.4 is 5.73 Å². The Morgan fingerprint density at radius 2 is 1.93 bits per heavy atom. The first-order valence-electron chi connectivity index (χ1n) is 5.56. The molecule has 2 atom stereocenters. The van der Waals surface area contributed by atoms with Gasteiger partial charge in [-0.05, 0) is 31.1 Å². The van der Waals surface area contributed by atoms with Gasteiger partial charge in [0.15, 0.2) is 0 Å². The van der Waals surface area contributed by atoms with E-state index >= 15 is 0 Å². The minimum atomic E-state index is 0.427. The maximum Gasteiger partial charge on any atom is 0.140 e. The Morgan fingerprint density at radius 3 is 2.40 bits per heavy atom. The third kappa shape index (κ3) is 2.12. The maximum absolute atomic E-state index is 5.91. The van der Waals surface area contributed by atoms with Gasteiger partial charge < -0.3 is 5.73 Å². The highest BCUT2D eigenvalue weighted by molar-refractivity contribution is 6.32. The van der Waals surface area contributed by atoms with Gasteiger partial charge in [0.1, 0.15) is 10.8 Å². The van der Waals surface area contributed by atoms with E-state index in [2.05, 4.69) is 18.9 Å². The van der Waals surface area contributed by atoms with Crippen LogP contribution in [0.5, 0.6) is 0 Å². The standard InChI is InChI=1S/C11H18ClN3/c1-7-3-8(2)5-9(4-7)15-11(13)10(12)6-14-15/h6-9H,3-5,13H2,1-2H3. The van der Waals surface area contributed by atoms with Crippen LogP contribution in [0.25, 0.3) is 0 Å². The summed E-state index contributed by atoms with van der Waals surface area (Å²) in [5, 5.41) is 4.84. The highest BCUT2D eigenvalue weighted by atomic mass is 35.5. The van der Waals surface area contributed by atoms with Gasteiger partial charge in [0.25, 0.3) is 0 Å². The lowest BCUT2D eigenvalue weighted by atomic mass is 9.80. The summed E-state index contributed by atoms with van der Waals surface area (Å²) in [6.45, 7) is 4.59. The van der Waals surface area contributed by atoms with Gasteiger partial charge in [-0.15, -0.1) is 0 Å². The monoisotopic (exact) mass is 227 g/mol. The van der Waals surface area contributed by atoms with Crippen molar-refractivity contribution in [1.82, 2.24) is 9.78 Å². The second-order valence-electron chi connectivity index (χ2n) is 4.89. The summed E-state index contributed by atoms with van der Waals surface area (Å²) in [5.74, 6) is 2.12. The molecule has 0 aliphatic heterocycles. The van der Waals surface area contributed by atoms with Crippen LogP contribution in [0.4, 0.5) is 5.82 Å². The van der Waals surface area contributed by atoms with E-state index in [0.717, 1.165) is 24.7 Å². The Balaban J connectivity index is 2.20. The molecule has 2 unspecified atom stereocenters. The Morgan fingerprint density at radius 1 is 1.33 bits per heavy atom. The number of hydrogen-bond donors (Lipinski definition) is 1. The van der Waals surface area contributed by atoms with Crippen LogP contribution in [0, 0.1) is 11.8 Å². The van der Waals surface area contributed by atoms with Crippen LogP contribution in [-0.2, 0) is 0 Å². The smallest absolute Gasteiger partial charge is 0.140 e. The third-order valence-corrected chi connectivity index (χ3v) is 3.58. The Hall–Kier alpha value is -0.700. The fourth-order valence-corrected chi connectivity index (χ4v) is 2.88. The molecule has 0 aromatic carbocycles. The topological polar surface area (TPSA) is 43.8 Å². The van der Waals surface area contributed by atoms with Gasteiger partial charge >= 0.3 is 0 Å². The van der Waals surface area contributed by atoms with Gasteiger partial charge in [0, 0.05) is 0 Å². The Labute approximate surface area is 95.6 Å². The van der Waals surface area contributed by atoms with Crippen molar-refractivity contribution in [3.05, 3.63) is 11.2 Å². The minimum Gasteiger partial charge on any atom is -0.383 e. The van der Waals surface area contributed by atoms with Crippen molar-refractivity contribution in [3.63, 3.8) is 0 Å². The first-order chi connectivity index (χ1) is 7.08. The number of anilines is 1. The van der Waals surface area contributed by atoms with Crippen LogP contribution in [0.1, 0.15) is 39.2 Å². The van der Waals surface area contributed by atoms with Gasteiger partial charge in [0.2, 0.25) is 0 Å². The second kappa shape index (κ2) is 4.05. The maximum atomic E-state index is 5.91. The van der Waals surface area contributed by atoms with E-state index in [9.17, 15) is 0 Å². The van der Waals surface area contributed by atoms with E-state index in [1.807, 2.05) is 4.68 Å². The molecule has 0 spiro atoms. The lowest BCUT2D eigenvalue weighted by molar-refractivity contribution is 0.212. The van der Waals surface area contributed by atoms with Crippen LogP contribution in [0.15, 0.2) is 6.20 Å². The Kier molecular flexibility index (Phi) is 2.91. The van der Waals surface area contributed by atoms with E-state index in [1.165, 1.54) is 6.42 Å². The number of nitrogen functional groups attached to an aromatic ring is 1. The second-order valence-corrected chi connectivity index (χ2v) is 5.30. The van der Waals surface area contributed by atoms with Crippen molar-refractivity contribution in [2.45, 2.75) is 39.2 Å². The van der Waals surface area contributed by atoms with Crippen molar-refractivity contribution >= 4 is 17.4 Å². The highest BCUT2D eigenvalue weighted by Crippen LogP contribution is 2.37. The van der Waals surface area contributed by atoms with Gasteiger partial charge in [0.05, 0.1) is 12.2 Å². The van der Waals surface area contributed by atoms with E-state index in [4.69, 9.17) is 17.3 Å². The average Bonchev–Trinajstić information content (AvgIpc) is 2.46. The number of halogens is 1. The molecule has 84 valence electrons. The summed E-state index contributed by atoms with van der Waals surface area (Å²) in [4.78, 5) is 0. The quantitative estimate of drug-likeness (QED) is 0.801. The first kappa shape index (κ1) is 10.8. The molecule has 1 aromatic heterocycles. The zero-order chi connectivity index (χ0) is 11.0. The Bertz CT molecular complexity index is 338. The molecule has 0 bridgehead atoms. The summed E-state index contributed by atoms with van der Waals surface area (Å²) < 4.78 is 1.90. The molecular formula is C11H18ClN3. The summed E-state index contributed by atoms with van der Waals surface area (Å²) >= 11 is 5.91. The number of aromatic nitrogens is 2. The molecule has 2 rings (SSSR count). The molecule has 1 aliphatic carbocycles. The zero-order valence-corrected chi connectivity index (χ0v) is 10.0. The summed E-state index contributed by atoms with van der Waals surface area (Å²) in [7, 11) is 0. The molecule has 1 saturated carbocycles. The SMILES string of the molecule is CC1CC(C)CC(n2ncc(Cl)c2N)C1. The normalized spacial score (nSPS) is 31.8. The van der Waals surface area contributed by atoms with Crippen LogP contribution in [0.3, 0.4) is 0 Å². The summed E-state index contributed by atoms with van der Waals surface area (Å²) in [6.07, 6.45) is 5.27. The van der Waals surface area contributed by atoms with Crippen molar-refractivity contribution in [2.24, 2.45) is 11.8 Å². The lowest BCUT2D eigenvalue weighted by Gasteiger charge is -2.31. The molecule has 2 N–H and O–H groups in total. The lowest BCUT2D eigenvalue weighted by Crippen LogP contribution is -2.24. The van der Waals surface area contributed by atoms with Crippen molar-refractivity contribution in [3.8, 4) is 0 Å². The molecule has 1 aliphatic rings. The number of nitrogens with two attached hydrogens (primary N) is 1. The molecule has 1 fully saturated rings. The van der Waals surface area contributed by atoms with E-state index in [0.29, 0.717) is 16.9 Å². The molecule has 0 saturated heterocycles. The third-order valence-electron chi connectivity index (χ3n) is 3.29. The van der Waals surface area contributed by atoms with E-state index in [-0.39, 0.29) is 0 Å². The summed E-state index contributed by atoms with van der Waals surface area (Å²) in [5.41, 5.74) is 5.89. The van der Waals surface area contributed by atoms with Gasteiger partial charge in [-0.1, -0.05) is 25.4 Å². The van der Waals surface area contributed by atoms with Gasteiger partial charge in [-0.2, -0.15) is 5.10 Å². The van der Waals surface area contributed by atoms with Gasteiger partial charge in [-0.3, -0.25) is 0 Å². The number of rotatable bonds is 1. The molecule has 1 heterocycles. The van der Waals surface area contributed by atoms with Crippen molar-refractivity contribution < 1.29 is 0 Å². The fraction of sp³-hybridized carbons (Fsp3) is 0.727. The molecule has 1 aromatic rings. The largest absolute Gasteiger partial charge is 0.383 e. The molecule has 0 amide bonds. The first-order valence-corrected chi connectivity index (χ1v) is 5.94. The molecule has 4 heteroatoms. The fourth-order valence-electron chi connectivity index (χ4n) is 2.75. The van der Waals surface area contributed by atoms with Crippen LogP contribution in [0.2, 0.25) is 5.02 Å². The summed E-state index contributed by atoms with van der Waals surface area (Å²) in [6, 6.07) is 0.427. The predicted octanol–water partition coefficient (Wildman–Crippen LogP) is 3.12.